The van der Waals surface area contributed by atoms with Crippen molar-refractivity contribution in [2.75, 3.05) is 0 Å². The van der Waals surface area contributed by atoms with Crippen molar-refractivity contribution in [2.24, 2.45) is 0 Å². The molecule has 1 aromatic carbocycles. The summed E-state index contributed by atoms with van der Waals surface area (Å²) in [6.45, 7) is 3.15. The van der Waals surface area contributed by atoms with E-state index in [9.17, 15) is 14.4 Å². The average Bonchev–Trinajstić information content (AvgIpc) is 2.45. The zero-order valence-corrected chi connectivity index (χ0v) is 14.2. The van der Waals surface area contributed by atoms with Crippen molar-refractivity contribution in [3.05, 3.63) is 47.8 Å². The summed E-state index contributed by atoms with van der Waals surface area (Å²) in [5.74, 6) is -3.09. The number of carbonyl (C=O) groups excluding carboxylic acids is 1. The van der Waals surface area contributed by atoms with Gasteiger partial charge in [-0.2, -0.15) is 12.6 Å². The maximum atomic E-state index is 11.9. The predicted molar refractivity (Wildman–Crippen MR) is 91.6 cm³/mol. The summed E-state index contributed by atoms with van der Waals surface area (Å²) in [4.78, 5) is 34.4. The van der Waals surface area contributed by atoms with Crippen LogP contribution in [0.1, 0.15) is 19.4 Å². The summed E-state index contributed by atoms with van der Waals surface area (Å²) in [6.07, 6.45) is 0.966. The molecule has 0 unspecified atom stereocenters. The minimum absolute atomic E-state index is 0.00583. The molecular formula is C16H20N2O5S. The Kier molecular flexibility index (Phi) is 6.84. The third-order valence-corrected chi connectivity index (χ3v) is 3.32. The third kappa shape index (κ3) is 6.33. The lowest BCUT2D eigenvalue weighted by molar-refractivity contribution is -0.140. The van der Waals surface area contributed by atoms with E-state index in [-0.39, 0.29) is 6.42 Å². The Balaban J connectivity index is 2.81. The van der Waals surface area contributed by atoms with Crippen LogP contribution < -0.4 is 10.6 Å². The van der Waals surface area contributed by atoms with E-state index in [2.05, 4.69) is 23.3 Å². The van der Waals surface area contributed by atoms with Crippen LogP contribution in [0.2, 0.25) is 0 Å². The fourth-order valence-electron chi connectivity index (χ4n) is 1.87. The van der Waals surface area contributed by atoms with Crippen molar-refractivity contribution in [1.82, 2.24) is 10.6 Å². The van der Waals surface area contributed by atoms with Gasteiger partial charge in [0.25, 0.3) is 0 Å². The second kappa shape index (κ2) is 8.39. The molecule has 0 saturated heterocycles. The number of benzene rings is 1. The standard InChI is InChI=1S/C16H20N2O5S/c1-16(2,24)13(15(22)23)17-9-11(14(20)21)18-12(19)8-10-6-4-3-5-7-10/h3-7,9,13,17,24H,8H2,1-2H3,(H,18,19)(H,20,21)(H,22,23)/t13-/m1/s1. The zero-order chi connectivity index (χ0) is 18.3. The van der Waals surface area contributed by atoms with Crippen LogP contribution in [0.25, 0.3) is 0 Å². The Bertz CT molecular complexity index is 638. The number of rotatable bonds is 8. The molecule has 0 radical (unpaired) electrons. The van der Waals surface area contributed by atoms with Gasteiger partial charge in [0.05, 0.1) is 6.42 Å². The van der Waals surface area contributed by atoms with Gasteiger partial charge in [0.2, 0.25) is 5.91 Å². The van der Waals surface area contributed by atoms with E-state index in [1.165, 1.54) is 0 Å². The van der Waals surface area contributed by atoms with Gasteiger partial charge in [0.1, 0.15) is 11.7 Å². The van der Waals surface area contributed by atoms with Gasteiger partial charge in [-0.25, -0.2) is 9.59 Å². The summed E-state index contributed by atoms with van der Waals surface area (Å²) >= 11 is 4.17. The van der Waals surface area contributed by atoms with Crippen LogP contribution in [-0.2, 0) is 20.8 Å². The number of carboxylic acid groups (broad SMARTS) is 2. The quantitative estimate of drug-likeness (QED) is 0.352. The van der Waals surface area contributed by atoms with E-state index in [1.54, 1.807) is 44.2 Å². The third-order valence-electron chi connectivity index (χ3n) is 3.06. The number of hydrogen-bond donors (Lipinski definition) is 5. The first-order valence-corrected chi connectivity index (χ1v) is 7.54. The van der Waals surface area contributed by atoms with Crippen LogP contribution in [0, 0.1) is 0 Å². The van der Waals surface area contributed by atoms with Crippen molar-refractivity contribution in [1.29, 1.82) is 0 Å². The van der Waals surface area contributed by atoms with E-state index in [4.69, 9.17) is 10.2 Å². The Morgan fingerprint density at radius 2 is 1.79 bits per heavy atom. The first-order chi connectivity index (χ1) is 11.1. The lowest BCUT2D eigenvalue weighted by atomic mass is 10.0. The normalized spacial score (nSPS) is 13.0. The van der Waals surface area contributed by atoms with Gasteiger partial charge >= 0.3 is 11.9 Å². The van der Waals surface area contributed by atoms with Gasteiger partial charge in [-0.05, 0) is 19.4 Å². The highest BCUT2D eigenvalue weighted by atomic mass is 32.1. The highest BCUT2D eigenvalue weighted by Crippen LogP contribution is 2.17. The predicted octanol–water partition coefficient (Wildman–Crippen LogP) is 1.02. The molecule has 0 aliphatic rings. The van der Waals surface area contributed by atoms with Gasteiger partial charge < -0.3 is 20.8 Å². The summed E-state index contributed by atoms with van der Waals surface area (Å²) in [5.41, 5.74) is 0.285. The maximum Gasteiger partial charge on any atom is 0.353 e. The highest BCUT2D eigenvalue weighted by molar-refractivity contribution is 7.81. The summed E-state index contributed by atoms with van der Waals surface area (Å²) < 4.78 is -0.944. The van der Waals surface area contributed by atoms with Crippen LogP contribution in [0.3, 0.4) is 0 Å². The van der Waals surface area contributed by atoms with Crippen LogP contribution in [0.15, 0.2) is 42.2 Å². The average molecular weight is 352 g/mol. The Hall–Kier alpha value is -2.48. The number of nitrogens with one attached hydrogen (secondary N) is 2. The number of carbonyl (C=O) groups is 3. The topological polar surface area (TPSA) is 116 Å². The van der Waals surface area contributed by atoms with Crippen molar-refractivity contribution in [2.45, 2.75) is 31.1 Å². The summed E-state index contributed by atoms with van der Waals surface area (Å²) in [5, 5.41) is 23.0. The van der Waals surface area contributed by atoms with Crippen LogP contribution >= 0.6 is 12.6 Å². The van der Waals surface area contributed by atoms with Crippen molar-refractivity contribution < 1.29 is 24.6 Å². The molecule has 0 heterocycles. The summed E-state index contributed by atoms with van der Waals surface area (Å²) in [7, 11) is 0. The van der Waals surface area contributed by atoms with Gasteiger partial charge in [0.15, 0.2) is 0 Å². The number of carboxylic acids is 2. The molecule has 1 atom stereocenters. The fraction of sp³-hybridized carbons (Fsp3) is 0.312. The molecule has 0 saturated carbocycles. The monoisotopic (exact) mass is 352 g/mol. The first-order valence-electron chi connectivity index (χ1n) is 7.09. The molecule has 4 N–H and O–H groups in total. The van der Waals surface area contributed by atoms with Crippen molar-refractivity contribution in [3.8, 4) is 0 Å². The van der Waals surface area contributed by atoms with Gasteiger partial charge in [-0.1, -0.05) is 30.3 Å². The van der Waals surface area contributed by atoms with Crippen LogP contribution in [0.4, 0.5) is 0 Å². The largest absolute Gasteiger partial charge is 0.480 e. The van der Waals surface area contributed by atoms with E-state index < -0.39 is 34.3 Å². The SMILES string of the molecule is CC(C)(S)[C@H](NC=C(NC(=O)Cc1ccccc1)C(=O)O)C(=O)O. The molecule has 0 bridgehead atoms. The molecule has 7 nitrogen and oxygen atoms in total. The fourth-order valence-corrected chi connectivity index (χ4v) is 2.06. The molecule has 1 rings (SSSR count). The van der Waals surface area contributed by atoms with Gasteiger partial charge in [0, 0.05) is 10.9 Å². The minimum atomic E-state index is -1.38. The molecule has 24 heavy (non-hydrogen) atoms. The molecule has 0 aromatic heterocycles. The highest BCUT2D eigenvalue weighted by Gasteiger charge is 2.31. The Labute approximate surface area is 145 Å². The van der Waals surface area contributed by atoms with E-state index in [0.717, 1.165) is 11.8 Å². The minimum Gasteiger partial charge on any atom is -0.480 e. The van der Waals surface area contributed by atoms with Crippen LogP contribution in [-0.4, -0.2) is 38.8 Å². The molecule has 0 aliphatic heterocycles. The number of hydrogen-bond acceptors (Lipinski definition) is 5. The second-order valence-corrected chi connectivity index (χ2v) is 6.82. The molecule has 130 valence electrons. The smallest absolute Gasteiger partial charge is 0.353 e. The molecule has 0 aliphatic carbocycles. The molecule has 1 amide bonds. The molecule has 1 aromatic rings. The van der Waals surface area contributed by atoms with E-state index >= 15 is 0 Å². The second-order valence-electron chi connectivity index (χ2n) is 5.67. The lowest BCUT2D eigenvalue weighted by Gasteiger charge is -2.26. The van der Waals surface area contributed by atoms with E-state index in [1.807, 2.05) is 0 Å². The Morgan fingerprint density at radius 1 is 1.21 bits per heavy atom. The van der Waals surface area contributed by atoms with E-state index in [0.29, 0.717) is 0 Å². The zero-order valence-electron chi connectivity index (χ0n) is 13.3. The van der Waals surface area contributed by atoms with Gasteiger partial charge in [-0.15, -0.1) is 0 Å². The maximum absolute atomic E-state index is 11.9. The number of thiol groups is 1. The summed E-state index contributed by atoms with van der Waals surface area (Å²) in [6, 6.07) is 7.69. The molecule has 0 spiro atoms. The molecule has 8 heteroatoms. The lowest BCUT2D eigenvalue weighted by Crippen LogP contribution is -2.47. The first kappa shape index (κ1) is 19.6. The van der Waals surface area contributed by atoms with Crippen molar-refractivity contribution >= 4 is 30.5 Å². The number of aliphatic carboxylic acids is 2. The Morgan fingerprint density at radius 3 is 2.25 bits per heavy atom. The number of amides is 1. The van der Waals surface area contributed by atoms with Crippen molar-refractivity contribution in [3.63, 3.8) is 0 Å². The van der Waals surface area contributed by atoms with Gasteiger partial charge in [-0.3, -0.25) is 4.79 Å². The van der Waals surface area contributed by atoms with Crippen LogP contribution in [0.5, 0.6) is 0 Å². The molecular weight excluding hydrogens is 332 g/mol. The molecule has 0 fully saturated rings.